The lowest BCUT2D eigenvalue weighted by Gasteiger charge is -2.38. The number of benzene rings is 2. The fourth-order valence-electron chi connectivity index (χ4n) is 4.41. The van der Waals surface area contributed by atoms with Gasteiger partial charge in [-0.3, -0.25) is 0 Å². The molecule has 0 bridgehead atoms. The maximum atomic E-state index is 13.1. The second-order valence-corrected chi connectivity index (χ2v) is 7.98. The largest absolute Gasteiger partial charge is 0.512 e. The van der Waals surface area contributed by atoms with Gasteiger partial charge in [-0.05, 0) is 48.9 Å². The van der Waals surface area contributed by atoms with E-state index < -0.39 is 11.6 Å². The van der Waals surface area contributed by atoms with Crippen LogP contribution in [-0.2, 0) is 16.0 Å². The zero-order valence-corrected chi connectivity index (χ0v) is 17.4. The van der Waals surface area contributed by atoms with Gasteiger partial charge in [0.05, 0.1) is 5.57 Å². The molecule has 1 aliphatic rings. The first-order valence-corrected chi connectivity index (χ1v) is 10.5. The van der Waals surface area contributed by atoms with E-state index in [1.165, 1.54) is 5.56 Å². The van der Waals surface area contributed by atoms with Crippen LogP contribution in [0.4, 0.5) is 5.69 Å². The van der Waals surface area contributed by atoms with Crippen molar-refractivity contribution in [2.24, 2.45) is 0 Å². The number of aliphatic hydroxyl groups excluding tert-OH is 1. The molecule has 0 saturated heterocycles. The molecule has 29 heavy (non-hydrogen) atoms. The third-order valence-corrected chi connectivity index (χ3v) is 5.82. The molecule has 0 aromatic heterocycles. The average Bonchev–Trinajstić information content (AvgIpc) is 2.70. The number of nitrogen functional groups attached to an aromatic ring is 1. The molecule has 4 heteroatoms. The lowest BCUT2D eigenvalue weighted by Crippen LogP contribution is -2.41. The highest BCUT2D eigenvalue weighted by molar-refractivity contribution is 5.92. The number of aryl methyl sites for hydroxylation is 1. The van der Waals surface area contributed by atoms with Gasteiger partial charge in [-0.15, -0.1) is 0 Å². The van der Waals surface area contributed by atoms with Crippen LogP contribution in [-0.4, -0.2) is 16.7 Å². The number of ether oxygens (including phenoxy) is 1. The number of aliphatic hydroxyl groups is 1. The number of rotatable bonds is 8. The van der Waals surface area contributed by atoms with E-state index >= 15 is 0 Å². The summed E-state index contributed by atoms with van der Waals surface area (Å²) >= 11 is 0. The quantitative estimate of drug-likeness (QED) is 0.446. The van der Waals surface area contributed by atoms with E-state index in [2.05, 4.69) is 19.1 Å². The predicted molar refractivity (Wildman–Crippen MR) is 117 cm³/mol. The SMILES string of the molecule is CCC[C@]1(CCc2ccccc2)CC(O)=C([C@H](CC)c2cccc(N)c2)C(=O)O1. The van der Waals surface area contributed by atoms with Gasteiger partial charge in [-0.1, -0.05) is 62.7 Å². The minimum Gasteiger partial charge on any atom is -0.512 e. The van der Waals surface area contributed by atoms with Crippen LogP contribution in [0, 0.1) is 0 Å². The van der Waals surface area contributed by atoms with E-state index in [0.29, 0.717) is 30.5 Å². The summed E-state index contributed by atoms with van der Waals surface area (Å²) in [5, 5.41) is 11.0. The molecule has 4 nitrogen and oxygen atoms in total. The van der Waals surface area contributed by atoms with Crippen molar-refractivity contribution in [2.45, 2.75) is 63.9 Å². The first-order valence-electron chi connectivity index (χ1n) is 10.5. The highest BCUT2D eigenvalue weighted by Crippen LogP contribution is 2.42. The molecule has 1 heterocycles. The minimum atomic E-state index is -0.650. The van der Waals surface area contributed by atoms with Gasteiger partial charge < -0.3 is 15.6 Å². The van der Waals surface area contributed by atoms with Crippen molar-refractivity contribution in [3.05, 3.63) is 77.1 Å². The molecule has 0 amide bonds. The second kappa shape index (κ2) is 9.17. The van der Waals surface area contributed by atoms with E-state index in [1.54, 1.807) is 0 Å². The predicted octanol–water partition coefficient (Wildman–Crippen LogP) is 5.69. The van der Waals surface area contributed by atoms with Gasteiger partial charge >= 0.3 is 5.97 Å². The summed E-state index contributed by atoms with van der Waals surface area (Å²) in [4.78, 5) is 13.1. The minimum absolute atomic E-state index is 0.164. The van der Waals surface area contributed by atoms with Crippen molar-refractivity contribution in [1.82, 2.24) is 0 Å². The summed E-state index contributed by atoms with van der Waals surface area (Å²) in [5.41, 5.74) is 8.45. The average molecular weight is 394 g/mol. The van der Waals surface area contributed by atoms with Gasteiger partial charge in [0, 0.05) is 18.0 Å². The first-order chi connectivity index (χ1) is 14.0. The first kappa shape index (κ1) is 21.0. The maximum Gasteiger partial charge on any atom is 0.338 e. The number of nitrogens with two attached hydrogens (primary N) is 1. The molecule has 1 aliphatic heterocycles. The van der Waals surface area contributed by atoms with Crippen molar-refractivity contribution < 1.29 is 14.6 Å². The van der Waals surface area contributed by atoms with E-state index in [4.69, 9.17) is 10.5 Å². The van der Waals surface area contributed by atoms with Gasteiger partial charge in [0.1, 0.15) is 11.4 Å². The van der Waals surface area contributed by atoms with Crippen molar-refractivity contribution in [3.8, 4) is 0 Å². The van der Waals surface area contributed by atoms with Gasteiger partial charge in [-0.25, -0.2) is 4.79 Å². The Morgan fingerprint density at radius 1 is 1.10 bits per heavy atom. The molecule has 0 aliphatic carbocycles. The van der Waals surface area contributed by atoms with E-state index in [-0.39, 0.29) is 11.7 Å². The third-order valence-electron chi connectivity index (χ3n) is 5.82. The summed E-state index contributed by atoms with van der Waals surface area (Å²) < 4.78 is 6.07. The fraction of sp³-hybridized carbons (Fsp3) is 0.400. The van der Waals surface area contributed by atoms with Crippen molar-refractivity contribution >= 4 is 11.7 Å². The Morgan fingerprint density at radius 2 is 1.86 bits per heavy atom. The molecule has 2 atom stereocenters. The molecule has 0 saturated carbocycles. The molecule has 3 N–H and O–H groups in total. The zero-order chi connectivity index (χ0) is 20.9. The normalized spacial score (nSPS) is 20.4. The lowest BCUT2D eigenvalue weighted by molar-refractivity contribution is -0.161. The van der Waals surface area contributed by atoms with Crippen LogP contribution >= 0.6 is 0 Å². The van der Waals surface area contributed by atoms with Gasteiger partial charge in [0.25, 0.3) is 0 Å². The van der Waals surface area contributed by atoms with Crippen LogP contribution in [0.3, 0.4) is 0 Å². The van der Waals surface area contributed by atoms with Gasteiger partial charge in [0.15, 0.2) is 0 Å². The lowest BCUT2D eigenvalue weighted by atomic mass is 9.80. The van der Waals surface area contributed by atoms with Crippen molar-refractivity contribution in [2.75, 3.05) is 5.73 Å². The summed E-state index contributed by atoms with van der Waals surface area (Å²) in [6.45, 7) is 4.08. The van der Waals surface area contributed by atoms with Crippen molar-refractivity contribution in [3.63, 3.8) is 0 Å². The number of cyclic esters (lactones) is 1. The van der Waals surface area contributed by atoms with E-state index in [9.17, 15) is 9.90 Å². The number of carbonyl (C=O) groups excluding carboxylic acids is 1. The second-order valence-electron chi connectivity index (χ2n) is 7.98. The third kappa shape index (κ3) is 4.81. The Bertz CT molecular complexity index is 875. The Kier molecular flexibility index (Phi) is 6.63. The standard InChI is InChI=1S/C25H31NO3/c1-3-14-25(15-13-18-9-6-5-7-10-18)17-22(27)23(24(28)29-25)21(4-2)19-11-8-12-20(26)16-19/h5-12,16,21,27H,3-4,13-15,17,26H2,1-2H3/t21-,25+/m1/s1. The topological polar surface area (TPSA) is 72.5 Å². The summed E-state index contributed by atoms with van der Waals surface area (Å²) in [5.74, 6) is -0.457. The Balaban J connectivity index is 1.87. The molecule has 0 unspecified atom stereocenters. The van der Waals surface area contributed by atoms with Gasteiger partial charge in [0.2, 0.25) is 0 Å². The monoisotopic (exact) mass is 393 g/mol. The zero-order valence-electron chi connectivity index (χ0n) is 17.4. The molecule has 0 fully saturated rings. The van der Waals surface area contributed by atoms with Crippen LogP contribution in [0.15, 0.2) is 65.9 Å². The summed E-state index contributed by atoms with van der Waals surface area (Å²) in [6.07, 6.45) is 4.18. The summed E-state index contributed by atoms with van der Waals surface area (Å²) in [7, 11) is 0. The van der Waals surface area contributed by atoms with E-state index in [0.717, 1.165) is 24.8 Å². The number of anilines is 1. The van der Waals surface area contributed by atoms with Gasteiger partial charge in [-0.2, -0.15) is 0 Å². The van der Waals surface area contributed by atoms with Crippen LogP contribution in [0.2, 0.25) is 0 Å². The molecular formula is C25H31NO3. The van der Waals surface area contributed by atoms with Crippen LogP contribution in [0.1, 0.15) is 63.0 Å². The number of hydrogen-bond donors (Lipinski definition) is 2. The Labute approximate surface area is 173 Å². The van der Waals surface area contributed by atoms with Crippen LogP contribution in [0.5, 0.6) is 0 Å². The van der Waals surface area contributed by atoms with Crippen LogP contribution < -0.4 is 5.73 Å². The van der Waals surface area contributed by atoms with Crippen LogP contribution in [0.25, 0.3) is 0 Å². The highest BCUT2D eigenvalue weighted by atomic mass is 16.6. The Morgan fingerprint density at radius 3 is 2.48 bits per heavy atom. The smallest absolute Gasteiger partial charge is 0.338 e. The molecular weight excluding hydrogens is 362 g/mol. The fourth-order valence-corrected chi connectivity index (χ4v) is 4.41. The summed E-state index contributed by atoms with van der Waals surface area (Å²) in [6, 6.07) is 17.7. The number of carbonyl (C=O) groups is 1. The molecule has 0 radical (unpaired) electrons. The number of esters is 1. The highest BCUT2D eigenvalue weighted by Gasteiger charge is 2.43. The maximum absolute atomic E-state index is 13.1. The molecule has 154 valence electrons. The number of hydrogen-bond acceptors (Lipinski definition) is 4. The Hall–Kier alpha value is -2.75. The van der Waals surface area contributed by atoms with E-state index in [1.807, 2.05) is 49.4 Å². The molecule has 2 aromatic carbocycles. The molecule has 0 spiro atoms. The van der Waals surface area contributed by atoms with Crippen molar-refractivity contribution in [1.29, 1.82) is 0 Å². The molecule has 3 rings (SSSR count). The molecule has 2 aromatic rings.